The third-order valence-electron chi connectivity index (χ3n) is 4.35. The Bertz CT molecular complexity index is 641. The van der Waals surface area contributed by atoms with Gasteiger partial charge in [0.25, 0.3) is 0 Å². The molecule has 1 saturated heterocycles. The Morgan fingerprint density at radius 2 is 2.00 bits per heavy atom. The van der Waals surface area contributed by atoms with E-state index in [1.807, 2.05) is 26.8 Å². The zero-order chi connectivity index (χ0) is 16.5. The predicted molar refractivity (Wildman–Crippen MR) is 95.3 cm³/mol. The normalized spacial score (nSPS) is 18.3. The van der Waals surface area contributed by atoms with E-state index in [-0.39, 0.29) is 24.4 Å². The molecule has 0 amide bonds. The minimum atomic E-state index is -3.50. The topological polar surface area (TPSA) is 58.6 Å². The minimum Gasteiger partial charge on any atom is -0.496 e. The molecule has 0 aromatic heterocycles. The molecule has 1 N–H and O–H groups in total. The van der Waals surface area contributed by atoms with Gasteiger partial charge in [-0.25, -0.2) is 8.42 Å². The number of benzene rings is 1. The number of hydrogen-bond donors (Lipinski definition) is 1. The smallest absolute Gasteiger partial charge is 0.243 e. The van der Waals surface area contributed by atoms with Crippen LogP contribution in [0.5, 0.6) is 5.75 Å². The van der Waals surface area contributed by atoms with E-state index < -0.39 is 10.0 Å². The first kappa shape index (κ1) is 20.2. The highest BCUT2D eigenvalue weighted by Gasteiger charge is 2.31. The quantitative estimate of drug-likeness (QED) is 0.874. The second-order valence-electron chi connectivity index (χ2n) is 6.18. The summed E-state index contributed by atoms with van der Waals surface area (Å²) in [4.78, 5) is 0.381. The molecule has 0 aliphatic carbocycles. The van der Waals surface area contributed by atoms with Crippen molar-refractivity contribution in [2.24, 2.45) is 0 Å². The molecule has 0 bridgehead atoms. The van der Waals surface area contributed by atoms with Gasteiger partial charge >= 0.3 is 0 Å². The Morgan fingerprint density at radius 3 is 2.48 bits per heavy atom. The van der Waals surface area contributed by atoms with Gasteiger partial charge in [-0.1, -0.05) is 13.8 Å². The molecule has 132 valence electrons. The van der Waals surface area contributed by atoms with Crippen LogP contribution in [-0.2, 0) is 10.0 Å². The molecule has 1 aromatic carbocycles. The van der Waals surface area contributed by atoms with Gasteiger partial charge in [0.1, 0.15) is 5.75 Å². The van der Waals surface area contributed by atoms with E-state index in [0.29, 0.717) is 11.4 Å². The van der Waals surface area contributed by atoms with Crippen LogP contribution < -0.4 is 10.1 Å². The maximum Gasteiger partial charge on any atom is 0.243 e. The third kappa shape index (κ3) is 3.99. The van der Waals surface area contributed by atoms with Crippen LogP contribution in [-0.4, -0.2) is 46.0 Å². The average Bonchev–Trinajstić information content (AvgIpc) is 2.99. The summed E-state index contributed by atoms with van der Waals surface area (Å²) in [6.45, 7) is 7.47. The van der Waals surface area contributed by atoms with Crippen LogP contribution >= 0.6 is 12.4 Å². The summed E-state index contributed by atoms with van der Waals surface area (Å²) >= 11 is 0. The van der Waals surface area contributed by atoms with Gasteiger partial charge in [-0.2, -0.15) is 4.31 Å². The number of nitrogens with zero attached hydrogens (tertiary/aromatic N) is 1. The van der Waals surface area contributed by atoms with Crippen molar-refractivity contribution >= 4 is 22.4 Å². The van der Waals surface area contributed by atoms with Crippen molar-refractivity contribution in [3.8, 4) is 5.75 Å². The zero-order valence-electron chi connectivity index (χ0n) is 14.4. The minimum absolute atomic E-state index is 0. The van der Waals surface area contributed by atoms with Crippen LogP contribution in [0.1, 0.15) is 37.3 Å². The zero-order valence-corrected chi connectivity index (χ0v) is 16.1. The molecule has 0 saturated carbocycles. The van der Waals surface area contributed by atoms with Crippen molar-refractivity contribution < 1.29 is 13.2 Å². The van der Waals surface area contributed by atoms with Gasteiger partial charge in [-0.15, -0.1) is 12.4 Å². The van der Waals surface area contributed by atoms with Crippen LogP contribution in [0, 0.1) is 6.92 Å². The molecule has 1 aliphatic heterocycles. The fourth-order valence-corrected chi connectivity index (χ4v) is 4.51. The molecule has 1 fully saturated rings. The maximum atomic E-state index is 13.0. The predicted octanol–water partition coefficient (Wildman–Crippen LogP) is 2.53. The summed E-state index contributed by atoms with van der Waals surface area (Å²) < 4.78 is 32.8. The van der Waals surface area contributed by atoms with Gasteiger partial charge in [0.2, 0.25) is 10.0 Å². The first-order chi connectivity index (χ1) is 10.3. The maximum absolute atomic E-state index is 13.0. The van der Waals surface area contributed by atoms with E-state index in [9.17, 15) is 8.42 Å². The van der Waals surface area contributed by atoms with Gasteiger partial charge in [0.15, 0.2) is 0 Å². The number of rotatable bonds is 5. The van der Waals surface area contributed by atoms with E-state index in [4.69, 9.17) is 4.74 Å². The summed E-state index contributed by atoms with van der Waals surface area (Å²) in [7, 11) is -0.208. The van der Waals surface area contributed by atoms with Crippen molar-refractivity contribution in [2.75, 3.05) is 27.2 Å². The Balaban J connectivity index is 0.00000264. The van der Waals surface area contributed by atoms with Crippen LogP contribution in [0.3, 0.4) is 0 Å². The summed E-state index contributed by atoms with van der Waals surface area (Å²) in [5, 5.41) is 3.21. The number of hydrogen-bond acceptors (Lipinski definition) is 4. The molecule has 1 aromatic rings. The molecule has 0 radical (unpaired) electrons. The largest absolute Gasteiger partial charge is 0.496 e. The third-order valence-corrected chi connectivity index (χ3v) is 6.41. The van der Waals surface area contributed by atoms with Crippen LogP contribution in [0.15, 0.2) is 17.0 Å². The molecule has 23 heavy (non-hydrogen) atoms. The number of sulfonamides is 1. The van der Waals surface area contributed by atoms with Crippen molar-refractivity contribution in [2.45, 2.75) is 44.0 Å². The van der Waals surface area contributed by atoms with Crippen LogP contribution in [0.4, 0.5) is 0 Å². The van der Waals surface area contributed by atoms with Crippen molar-refractivity contribution in [1.29, 1.82) is 0 Å². The molecule has 2 rings (SSSR count). The standard InChI is InChI=1S/C16H26N2O3S.ClH/c1-11(2)14-9-16(12(3)8-15(14)21-5)22(19,20)18(4)13-6-7-17-10-13;/h8-9,11,13,17H,6-7,10H2,1-5H3;1H. The van der Waals surface area contributed by atoms with Gasteiger partial charge in [0.05, 0.1) is 12.0 Å². The molecule has 1 atom stereocenters. The number of methoxy groups -OCH3 is 1. The summed E-state index contributed by atoms with van der Waals surface area (Å²) in [5.74, 6) is 0.944. The summed E-state index contributed by atoms with van der Waals surface area (Å²) in [5.41, 5.74) is 1.64. The Hall–Kier alpha value is -0.820. The Morgan fingerprint density at radius 1 is 1.35 bits per heavy atom. The number of aryl methyl sites for hydroxylation is 1. The lowest BCUT2D eigenvalue weighted by molar-refractivity contribution is 0.386. The molecule has 1 aliphatic rings. The number of ether oxygens (including phenoxy) is 1. The van der Waals surface area contributed by atoms with Crippen molar-refractivity contribution in [3.63, 3.8) is 0 Å². The lowest BCUT2D eigenvalue weighted by Gasteiger charge is -2.25. The molecular weight excluding hydrogens is 336 g/mol. The highest BCUT2D eigenvalue weighted by Crippen LogP contribution is 2.33. The van der Waals surface area contributed by atoms with Gasteiger partial charge < -0.3 is 10.1 Å². The Labute approximate surface area is 145 Å². The molecule has 5 nitrogen and oxygen atoms in total. The lowest BCUT2D eigenvalue weighted by Crippen LogP contribution is -2.38. The van der Waals surface area contributed by atoms with E-state index in [2.05, 4.69) is 5.32 Å². The average molecular weight is 363 g/mol. The van der Waals surface area contributed by atoms with Gasteiger partial charge in [-0.05, 0) is 49.1 Å². The second-order valence-corrected chi connectivity index (χ2v) is 8.15. The Kier molecular flexibility index (Phi) is 6.89. The molecule has 7 heteroatoms. The van der Waals surface area contributed by atoms with Gasteiger partial charge in [0, 0.05) is 19.6 Å². The SMILES string of the molecule is COc1cc(C)c(S(=O)(=O)N(C)C2CCNC2)cc1C(C)C.Cl. The molecule has 1 heterocycles. The van der Waals surface area contributed by atoms with Crippen molar-refractivity contribution in [1.82, 2.24) is 9.62 Å². The van der Waals surface area contributed by atoms with E-state index >= 15 is 0 Å². The summed E-state index contributed by atoms with van der Waals surface area (Å²) in [6, 6.07) is 3.62. The van der Waals surface area contributed by atoms with E-state index in [0.717, 1.165) is 29.8 Å². The lowest BCUT2D eigenvalue weighted by atomic mass is 10.0. The monoisotopic (exact) mass is 362 g/mol. The fraction of sp³-hybridized carbons (Fsp3) is 0.625. The number of likely N-dealkylation sites (N-methyl/N-ethyl adjacent to an activating group) is 1. The first-order valence-electron chi connectivity index (χ1n) is 7.66. The highest BCUT2D eigenvalue weighted by molar-refractivity contribution is 7.89. The first-order valence-corrected chi connectivity index (χ1v) is 9.10. The molecular formula is C16H27ClN2O3S. The summed E-state index contributed by atoms with van der Waals surface area (Å²) in [6.07, 6.45) is 0.849. The highest BCUT2D eigenvalue weighted by atomic mass is 35.5. The molecule has 1 unspecified atom stereocenters. The van der Waals surface area contributed by atoms with Gasteiger partial charge in [-0.3, -0.25) is 0 Å². The van der Waals surface area contributed by atoms with Crippen LogP contribution in [0.2, 0.25) is 0 Å². The number of nitrogens with one attached hydrogen (secondary N) is 1. The second kappa shape index (κ2) is 7.83. The molecule has 0 spiro atoms. The fourth-order valence-electron chi connectivity index (χ4n) is 2.88. The van der Waals surface area contributed by atoms with Crippen molar-refractivity contribution in [3.05, 3.63) is 23.3 Å². The van der Waals surface area contributed by atoms with E-state index in [1.54, 1.807) is 20.2 Å². The van der Waals surface area contributed by atoms with E-state index in [1.165, 1.54) is 4.31 Å². The van der Waals surface area contributed by atoms with Crippen LogP contribution in [0.25, 0.3) is 0 Å². The number of halogens is 1.